The molecule has 0 bridgehead atoms. The van der Waals surface area contributed by atoms with Gasteiger partial charge in [0.2, 0.25) is 0 Å². The standard InChI is InChI=1S/C35H25N3S/c1-3-4-6-11-23(2)25-16-18-30-28(20-25)29-21-26(24-12-7-5-8-13-24)17-19-31(29)38(30)35-34-33(36-22-37-35)27-14-9-10-15-32(27)39-34/h3-22H,2H2,1H3/b4-3-,11-6-. The first kappa shape index (κ1) is 23.3. The van der Waals surface area contributed by atoms with Crippen LogP contribution in [0.1, 0.15) is 12.5 Å². The fourth-order valence-corrected chi connectivity index (χ4v) is 6.45. The van der Waals surface area contributed by atoms with E-state index in [1.54, 1.807) is 17.7 Å². The van der Waals surface area contributed by atoms with Gasteiger partial charge in [-0.1, -0.05) is 91.5 Å². The molecule has 0 aliphatic carbocycles. The first-order chi connectivity index (χ1) is 19.2. The Hall–Kier alpha value is -4.80. The Kier molecular flexibility index (Phi) is 5.68. The molecule has 3 heterocycles. The second kappa shape index (κ2) is 9.50. The van der Waals surface area contributed by atoms with E-state index in [1.165, 1.54) is 32.0 Å². The van der Waals surface area contributed by atoms with E-state index in [-0.39, 0.29) is 0 Å². The van der Waals surface area contributed by atoms with Crippen molar-refractivity contribution in [2.75, 3.05) is 0 Å². The van der Waals surface area contributed by atoms with E-state index in [1.807, 2.05) is 25.2 Å². The van der Waals surface area contributed by atoms with Crippen LogP contribution >= 0.6 is 11.3 Å². The Balaban J connectivity index is 1.53. The lowest BCUT2D eigenvalue weighted by Gasteiger charge is -2.08. The van der Waals surface area contributed by atoms with Crippen molar-refractivity contribution in [2.45, 2.75) is 6.92 Å². The lowest BCUT2D eigenvalue weighted by atomic mass is 10.0. The largest absolute Gasteiger partial charge is 0.292 e. The molecule has 0 unspecified atom stereocenters. The Morgan fingerprint density at radius 1 is 0.769 bits per heavy atom. The molecule has 0 amide bonds. The quantitative estimate of drug-likeness (QED) is 0.212. The third kappa shape index (κ3) is 3.89. The molecule has 0 saturated heterocycles. The van der Waals surface area contributed by atoms with Gasteiger partial charge < -0.3 is 0 Å². The van der Waals surface area contributed by atoms with Crippen LogP contribution in [0.4, 0.5) is 0 Å². The Labute approximate surface area is 230 Å². The van der Waals surface area contributed by atoms with Crippen LogP contribution in [-0.4, -0.2) is 14.5 Å². The van der Waals surface area contributed by atoms with E-state index >= 15 is 0 Å². The van der Waals surface area contributed by atoms with Crippen LogP contribution in [0.3, 0.4) is 0 Å². The van der Waals surface area contributed by atoms with Crippen LogP contribution in [0.15, 0.2) is 128 Å². The fourth-order valence-electron chi connectivity index (χ4n) is 5.31. The number of fused-ring (bicyclic) bond motifs is 6. The normalized spacial score (nSPS) is 12.1. The zero-order valence-corrected chi connectivity index (χ0v) is 22.3. The van der Waals surface area contributed by atoms with Gasteiger partial charge in [0.25, 0.3) is 0 Å². The zero-order valence-electron chi connectivity index (χ0n) is 21.5. The minimum atomic E-state index is 0.910. The van der Waals surface area contributed by atoms with Crippen molar-refractivity contribution in [3.05, 3.63) is 134 Å². The third-order valence-electron chi connectivity index (χ3n) is 7.19. The van der Waals surface area contributed by atoms with E-state index in [0.717, 1.165) is 38.2 Å². The van der Waals surface area contributed by atoms with Crippen LogP contribution in [0, 0.1) is 0 Å². The summed E-state index contributed by atoms with van der Waals surface area (Å²) < 4.78 is 4.60. The number of aromatic nitrogens is 3. The number of allylic oxidation sites excluding steroid dienone is 5. The summed E-state index contributed by atoms with van der Waals surface area (Å²) in [5.74, 6) is 0.910. The molecule has 3 aromatic heterocycles. The summed E-state index contributed by atoms with van der Waals surface area (Å²) in [5.41, 5.74) is 7.69. The van der Waals surface area contributed by atoms with E-state index in [9.17, 15) is 0 Å². The Morgan fingerprint density at radius 3 is 2.38 bits per heavy atom. The molecule has 0 saturated carbocycles. The molecular weight excluding hydrogens is 494 g/mol. The maximum absolute atomic E-state index is 4.86. The van der Waals surface area contributed by atoms with Crippen LogP contribution in [-0.2, 0) is 0 Å². The number of hydrogen-bond acceptors (Lipinski definition) is 3. The molecule has 7 aromatic rings. The molecule has 0 spiro atoms. The summed E-state index contributed by atoms with van der Waals surface area (Å²) in [4.78, 5) is 9.55. The van der Waals surface area contributed by atoms with E-state index in [0.29, 0.717) is 0 Å². The van der Waals surface area contributed by atoms with Gasteiger partial charge in [-0.25, -0.2) is 9.97 Å². The van der Waals surface area contributed by atoms with Gasteiger partial charge in [-0.15, -0.1) is 11.3 Å². The van der Waals surface area contributed by atoms with E-state index in [2.05, 4.69) is 113 Å². The van der Waals surface area contributed by atoms with E-state index in [4.69, 9.17) is 4.98 Å². The van der Waals surface area contributed by atoms with Crippen molar-refractivity contribution in [2.24, 2.45) is 0 Å². The molecule has 7 rings (SSSR count). The van der Waals surface area contributed by atoms with Crippen molar-refractivity contribution in [1.29, 1.82) is 0 Å². The van der Waals surface area contributed by atoms with Crippen molar-refractivity contribution in [1.82, 2.24) is 14.5 Å². The van der Waals surface area contributed by atoms with Gasteiger partial charge in [-0.2, -0.15) is 0 Å². The molecule has 0 radical (unpaired) electrons. The predicted molar refractivity (Wildman–Crippen MR) is 168 cm³/mol. The van der Waals surface area contributed by atoms with Crippen molar-refractivity contribution < 1.29 is 0 Å². The predicted octanol–water partition coefficient (Wildman–Crippen LogP) is 9.75. The van der Waals surface area contributed by atoms with Crippen molar-refractivity contribution in [3.63, 3.8) is 0 Å². The molecule has 4 heteroatoms. The number of nitrogens with zero attached hydrogens (tertiary/aromatic N) is 3. The molecule has 39 heavy (non-hydrogen) atoms. The SMILES string of the molecule is C=C(/C=C\C=C/C)c1ccc2c(c1)c1cc(-c3ccccc3)ccc1n2-c1ncnc2c1sc1ccccc12. The van der Waals surface area contributed by atoms with Gasteiger partial charge in [0.1, 0.15) is 6.33 Å². The van der Waals surface area contributed by atoms with Crippen molar-refractivity contribution >= 4 is 59.0 Å². The second-order valence-electron chi connectivity index (χ2n) is 9.55. The van der Waals surface area contributed by atoms with Gasteiger partial charge in [0.15, 0.2) is 5.82 Å². The van der Waals surface area contributed by atoms with Gasteiger partial charge in [-0.05, 0) is 59.5 Å². The van der Waals surface area contributed by atoms with Crippen LogP contribution in [0.25, 0.3) is 64.6 Å². The molecule has 0 aliphatic heterocycles. The average molecular weight is 520 g/mol. The maximum atomic E-state index is 4.86. The molecule has 0 N–H and O–H groups in total. The number of benzene rings is 4. The number of rotatable bonds is 5. The summed E-state index contributed by atoms with van der Waals surface area (Å²) in [6.07, 6.45) is 9.81. The van der Waals surface area contributed by atoms with Gasteiger partial charge in [-0.3, -0.25) is 4.57 Å². The highest BCUT2D eigenvalue weighted by molar-refractivity contribution is 7.26. The smallest absolute Gasteiger partial charge is 0.159 e. The van der Waals surface area contributed by atoms with Crippen molar-refractivity contribution in [3.8, 4) is 16.9 Å². The zero-order chi connectivity index (χ0) is 26.3. The summed E-state index contributed by atoms with van der Waals surface area (Å²) in [7, 11) is 0. The summed E-state index contributed by atoms with van der Waals surface area (Å²) in [6, 6.07) is 32.3. The maximum Gasteiger partial charge on any atom is 0.159 e. The Morgan fingerprint density at radius 2 is 1.54 bits per heavy atom. The Bertz CT molecular complexity index is 2090. The summed E-state index contributed by atoms with van der Waals surface area (Å²) in [6.45, 7) is 6.35. The molecule has 3 nitrogen and oxygen atoms in total. The number of thiophene rings is 1. The van der Waals surface area contributed by atoms with Gasteiger partial charge >= 0.3 is 0 Å². The van der Waals surface area contributed by atoms with E-state index < -0.39 is 0 Å². The fraction of sp³-hybridized carbons (Fsp3) is 0.0286. The summed E-state index contributed by atoms with van der Waals surface area (Å²) in [5, 5.41) is 3.53. The van der Waals surface area contributed by atoms with Crippen LogP contribution in [0.2, 0.25) is 0 Å². The first-order valence-corrected chi connectivity index (χ1v) is 13.8. The number of hydrogen-bond donors (Lipinski definition) is 0. The topological polar surface area (TPSA) is 30.7 Å². The molecule has 0 aliphatic rings. The minimum absolute atomic E-state index is 0.910. The highest BCUT2D eigenvalue weighted by Gasteiger charge is 2.19. The first-order valence-electron chi connectivity index (χ1n) is 13.0. The molecular formula is C35H25N3S. The monoisotopic (exact) mass is 519 g/mol. The molecule has 4 aromatic carbocycles. The summed E-state index contributed by atoms with van der Waals surface area (Å²) >= 11 is 1.75. The molecule has 186 valence electrons. The van der Waals surface area contributed by atoms with Gasteiger partial charge in [0, 0.05) is 20.9 Å². The second-order valence-corrected chi connectivity index (χ2v) is 10.6. The van der Waals surface area contributed by atoms with Crippen LogP contribution < -0.4 is 0 Å². The van der Waals surface area contributed by atoms with Crippen LogP contribution in [0.5, 0.6) is 0 Å². The highest BCUT2D eigenvalue weighted by Crippen LogP contribution is 2.40. The highest BCUT2D eigenvalue weighted by atomic mass is 32.1. The lowest BCUT2D eigenvalue weighted by Crippen LogP contribution is -1.98. The molecule has 0 fully saturated rings. The lowest BCUT2D eigenvalue weighted by molar-refractivity contribution is 1.08. The average Bonchev–Trinajstić information content (AvgIpc) is 3.53. The third-order valence-corrected chi connectivity index (χ3v) is 8.35. The van der Waals surface area contributed by atoms with Gasteiger partial charge in [0.05, 0.1) is 21.3 Å². The molecule has 0 atom stereocenters. The minimum Gasteiger partial charge on any atom is -0.292 e.